The Morgan fingerprint density at radius 2 is 1.16 bits per heavy atom. The van der Waals surface area contributed by atoms with Crippen molar-refractivity contribution in [2.75, 3.05) is 59.1 Å². The smallest absolute Gasteiger partial charge is 0.123 e. The fraction of sp³-hybridized carbons (Fsp3) is 0.842. The fourth-order valence-corrected chi connectivity index (χ4v) is 6.26. The first-order valence-corrected chi connectivity index (χ1v) is 18.6. The Labute approximate surface area is 267 Å². The van der Waals surface area contributed by atoms with Gasteiger partial charge in [-0.1, -0.05) is 117 Å². The molecule has 1 aliphatic rings. The van der Waals surface area contributed by atoms with E-state index in [0.717, 1.165) is 76.8 Å². The SMILES string of the molecule is CCCCCCCCCCCCCCCc1cc(OCCCN2CCN(CCO)CC2)cc(OCC(CC)CCCC)c1. The lowest BCUT2D eigenvalue weighted by Gasteiger charge is -2.34. The van der Waals surface area contributed by atoms with E-state index >= 15 is 0 Å². The van der Waals surface area contributed by atoms with E-state index in [-0.39, 0.29) is 6.61 Å². The molecular weight excluding hydrogens is 532 g/mol. The summed E-state index contributed by atoms with van der Waals surface area (Å²) in [5.41, 5.74) is 1.36. The van der Waals surface area contributed by atoms with Gasteiger partial charge in [0.05, 0.1) is 19.8 Å². The number of rotatable bonds is 28. The number of aliphatic hydroxyl groups excluding tert-OH is 1. The lowest BCUT2D eigenvalue weighted by atomic mass is 10.0. The highest BCUT2D eigenvalue weighted by Crippen LogP contribution is 2.26. The van der Waals surface area contributed by atoms with Gasteiger partial charge in [-0.25, -0.2) is 0 Å². The maximum atomic E-state index is 9.17. The number of ether oxygens (including phenoxy) is 2. The molecule has 250 valence electrons. The van der Waals surface area contributed by atoms with E-state index < -0.39 is 0 Å². The first-order chi connectivity index (χ1) is 21.2. The van der Waals surface area contributed by atoms with Crippen LogP contribution >= 0.6 is 0 Å². The fourth-order valence-electron chi connectivity index (χ4n) is 6.26. The van der Waals surface area contributed by atoms with Crippen LogP contribution in [0.25, 0.3) is 0 Å². The average molecular weight is 603 g/mol. The number of hydrogen-bond acceptors (Lipinski definition) is 5. The number of nitrogens with zero attached hydrogens (tertiary/aromatic N) is 2. The highest BCUT2D eigenvalue weighted by atomic mass is 16.5. The van der Waals surface area contributed by atoms with Gasteiger partial charge < -0.3 is 19.5 Å². The summed E-state index contributed by atoms with van der Waals surface area (Å²) >= 11 is 0. The van der Waals surface area contributed by atoms with Crippen molar-refractivity contribution in [1.82, 2.24) is 9.80 Å². The summed E-state index contributed by atoms with van der Waals surface area (Å²) in [4.78, 5) is 4.88. The van der Waals surface area contributed by atoms with Gasteiger partial charge in [-0.05, 0) is 49.3 Å². The third kappa shape index (κ3) is 19.0. The van der Waals surface area contributed by atoms with Crippen molar-refractivity contribution in [2.24, 2.45) is 5.92 Å². The molecule has 1 aliphatic heterocycles. The maximum Gasteiger partial charge on any atom is 0.123 e. The van der Waals surface area contributed by atoms with Crippen LogP contribution in [0.5, 0.6) is 11.5 Å². The van der Waals surface area contributed by atoms with Crippen LogP contribution in [0.15, 0.2) is 18.2 Å². The molecule has 0 saturated carbocycles. The van der Waals surface area contributed by atoms with Gasteiger partial charge in [0.25, 0.3) is 0 Å². The molecule has 1 aromatic rings. The van der Waals surface area contributed by atoms with E-state index in [0.29, 0.717) is 5.92 Å². The largest absolute Gasteiger partial charge is 0.493 e. The molecule has 43 heavy (non-hydrogen) atoms. The van der Waals surface area contributed by atoms with Gasteiger partial charge in [0.1, 0.15) is 11.5 Å². The molecule has 0 radical (unpaired) electrons. The molecule has 0 spiro atoms. The third-order valence-electron chi connectivity index (χ3n) is 9.31. The number of β-amino-alcohol motifs (C(OH)–C–C–N with tert-alkyl or cyclic N) is 1. The molecule has 0 aliphatic carbocycles. The van der Waals surface area contributed by atoms with Crippen LogP contribution in [0.2, 0.25) is 0 Å². The van der Waals surface area contributed by atoms with Crippen molar-refractivity contribution in [3.8, 4) is 11.5 Å². The van der Waals surface area contributed by atoms with E-state index in [1.807, 2.05) is 0 Å². The Bertz CT molecular complexity index is 766. The number of hydrogen-bond donors (Lipinski definition) is 1. The monoisotopic (exact) mass is 603 g/mol. The Morgan fingerprint density at radius 3 is 1.72 bits per heavy atom. The number of aliphatic hydroxyl groups is 1. The van der Waals surface area contributed by atoms with Gasteiger partial charge in [0.15, 0.2) is 0 Å². The summed E-state index contributed by atoms with van der Waals surface area (Å²) in [6, 6.07) is 6.65. The van der Waals surface area contributed by atoms with Gasteiger partial charge in [0, 0.05) is 45.3 Å². The summed E-state index contributed by atoms with van der Waals surface area (Å²) in [7, 11) is 0. The number of piperazine rings is 1. The van der Waals surface area contributed by atoms with Crippen LogP contribution in [0, 0.1) is 5.92 Å². The number of aryl methyl sites for hydroxylation is 1. The van der Waals surface area contributed by atoms with Crippen LogP contribution in [-0.2, 0) is 6.42 Å². The van der Waals surface area contributed by atoms with Crippen molar-refractivity contribution in [3.63, 3.8) is 0 Å². The first kappa shape index (κ1) is 37.9. The Morgan fingerprint density at radius 1 is 0.628 bits per heavy atom. The first-order valence-electron chi connectivity index (χ1n) is 18.6. The molecule has 1 aromatic carbocycles. The summed E-state index contributed by atoms with van der Waals surface area (Å²) in [6.07, 6.45) is 25.2. The second-order valence-electron chi connectivity index (χ2n) is 13.1. The highest BCUT2D eigenvalue weighted by molar-refractivity contribution is 5.38. The molecule has 5 heteroatoms. The van der Waals surface area contributed by atoms with Crippen LogP contribution in [0.4, 0.5) is 0 Å². The Hall–Kier alpha value is -1.30. The van der Waals surface area contributed by atoms with E-state index in [1.54, 1.807) is 0 Å². The molecule has 1 unspecified atom stereocenters. The summed E-state index contributed by atoms with van der Waals surface area (Å²) < 4.78 is 12.7. The van der Waals surface area contributed by atoms with Crippen LogP contribution in [0.3, 0.4) is 0 Å². The van der Waals surface area contributed by atoms with Gasteiger partial charge >= 0.3 is 0 Å². The zero-order valence-electron chi connectivity index (χ0n) is 28.8. The molecule has 0 amide bonds. The zero-order chi connectivity index (χ0) is 30.8. The summed E-state index contributed by atoms with van der Waals surface area (Å²) in [5.74, 6) is 2.58. The molecule has 1 N–H and O–H groups in total. The topological polar surface area (TPSA) is 45.2 Å². The normalized spacial score (nSPS) is 15.2. The highest BCUT2D eigenvalue weighted by Gasteiger charge is 2.16. The predicted molar refractivity (Wildman–Crippen MR) is 185 cm³/mol. The summed E-state index contributed by atoms with van der Waals surface area (Å²) in [5, 5.41) is 9.17. The standard InChI is InChI=1S/C38H70N2O3/c1-4-7-9-10-11-12-13-14-15-16-17-18-19-22-36-31-37(33-38(32-36)43-34-35(6-3)21-8-5-2)42-30-20-23-39-24-26-40(27-25-39)28-29-41/h31-33,35,41H,4-30,34H2,1-3H3. The van der Waals surface area contributed by atoms with Crippen molar-refractivity contribution < 1.29 is 14.6 Å². The average Bonchev–Trinajstić information content (AvgIpc) is 3.02. The van der Waals surface area contributed by atoms with Gasteiger partial charge in [0.2, 0.25) is 0 Å². The number of benzene rings is 1. The maximum absolute atomic E-state index is 9.17. The molecule has 5 nitrogen and oxygen atoms in total. The van der Waals surface area contributed by atoms with E-state index in [4.69, 9.17) is 9.47 Å². The molecule has 1 saturated heterocycles. The Balaban J connectivity index is 1.73. The minimum absolute atomic E-state index is 0.260. The van der Waals surface area contributed by atoms with E-state index in [9.17, 15) is 5.11 Å². The van der Waals surface area contributed by atoms with Crippen LogP contribution < -0.4 is 9.47 Å². The van der Waals surface area contributed by atoms with E-state index in [2.05, 4.69) is 48.8 Å². The third-order valence-corrected chi connectivity index (χ3v) is 9.31. The number of unbranched alkanes of at least 4 members (excludes halogenated alkanes) is 13. The molecule has 2 rings (SSSR count). The van der Waals surface area contributed by atoms with Gasteiger partial charge in [-0.15, -0.1) is 0 Å². The summed E-state index contributed by atoms with van der Waals surface area (Å²) in [6.45, 7) is 14.8. The molecule has 0 aromatic heterocycles. The molecule has 1 heterocycles. The van der Waals surface area contributed by atoms with Gasteiger partial charge in [-0.3, -0.25) is 4.90 Å². The van der Waals surface area contributed by atoms with E-state index in [1.165, 1.54) is 115 Å². The molecular formula is C38H70N2O3. The molecule has 0 bridgehead atoms. The zero-order valence-corrected chi connectivity index (χ0v) is 28.8. The van der Waals surface area contributed by atoms with Crippen molar-refractivity contribution in [2.45, 2.75) is 143 Å². The van der Waals surface area contributed by atoms with Gasteiger partial charge in [-0.2, -0.15) is 0 Å². The molecule has 1 fully saturated rings. The van der Waals surface area contributed by atoms with Crippen LogP contribution in [0.1, 0.15) is 142 Å². The van der Waals surface area contributed by atoms with Crippen molar-refractivity contribution >= 4 is 0 Å². The minimum atomic E-state index is 0.260. The predicted octanol–water partition coefficient (Wildman–Crippen LogP) is 9.29. The van der Waals surface area contributed by atoms with Crippen LogP contribution in [-0.4, -0.2) is 74.0 Å². The lowest BCUT2D eigenvalue weighted by Crippen LogP contribution is -2.47. The lowest BCUT2D eigenvalue weighted by molar-refractivity contribution is 0.108. The van der Waals surface area contributed by atoms with Crippen molar-refractivity contribution in [3.05, 3.63) is 23.8 Å². The Kier molecular flexibility index (Phi) is 22.9. The minimum Gasteiger partial charge on any atom is -0.493 e. The second kappa shape index (κ2) is 26.0. The second-order valence-corrected chi connectivity index (χ2v) is 13.1. The van der Waals surface area contributed by atoms with Crippen molar-refractivity contribution in [1.29, 1.82) is 0 Å². The quantitative estimate of drug-likeness (QED) is 0.0969. The molecule has 1 atom stereocenters.